The molecule has 2 atom stereocenters. The molecule has 0 heterocycles. The van der Waals surface area contributed by atoms with Gasteiger partial charge in [0.15, 0.2) is 6.61 Å². The first-order chi connectivity index (χ1) is 9.72. The van der Waals surface area contributed by atoms with Crippen LogP contribution in [0, 0.1) is 17.2 Å². The molecular formula is C15H16N2O3. The predicted molar refractivity (Wildman–Crippen MR) is 72.9 cm³/mol. The van der Waals surface area contributed by atoms with Crippen molar-refractivity contribution in [3.05, 3.63) is 42.0 Å². The molecule has 1 aliphatic rings. The van der Waals surface area contributed by atoms with Crippen molar-refractivity contribution >= 4 is 5.91 Å². The summed E-state index contributed by atoms with van der Waals surface area (Å²) in [6, 6.07) is 8.73. The summed E-state index contributed by atoms with van der Waals surface area (Å²) in [7, 11) is 0. The third kappa shape index (κ3) is 3.59. The summed E-state index contributed by atoms with van der Waals surface area (Å²) >= 11 is 0. The summed E-state index contributed by atoms with van der Waals surface area (Å²) in [4.78, 5) is 11.8. The number of carbonyl (C=O) groups excluding carboxylic acids is 1. The van der Waals surface area contributed by atoms with Crippen molar-refractivity contribution in [2.24, 2.45) is 5.92 Å². The number of nitrogens with zero attached hydrogens (tertiary/aromatic N) is 1. The summed E-state index contributed by atoms with van der Waals surface area (Å²) in [5.41, 5.74) is 0.404. The van der Waals surface area contributed by atoms with Gasteiger partial charge in [0.2, 0.25) is 0 Å². The third-order valence-corrected chi connectivity index (χ3v) is 3.12. The van der Waals surface area contributed by atoms with Crippen LogP contribution in [-0.4, -0.2) is 30.3 Å². The lowest BCUT2D eigenvalue weighted by molar-refractivity contribution is -0.123. The zero-order valence-corrected chi connectivity index (χ0v) is 11.0. The van der Waals surface area contributed by atoms with Crippen molar-refractivity contribution in [3.63, 3.8) is 0 Å². The minimum absolute atomic E-state index is 0.0607. The fraction of sp³-hybridized carbons (Fsp3) is 0.333. The van der Waals surface area contributed by atoms with Crippen LogP contribution in [0.15, 0.2) is 36.4 Å². The Hall–Kier alpha value is -2.32. The van der Waals surface area contributed by atoms with Crippen molar-refractivity contribution in [2.75, 3.05) is 13.2 Å². The van der Waals surface area contributed by atoms with Crippen molar-refractivity contribution in [1.82, 2.24) is 5.32 Å². The SMILES string of the molecule is N#Cc1ccccc1OCC(=O)N[C@@H]1C=C[C@H](CO)C1. The molecule has 1 amide bonds. The van der Waals surface area contributed by atoms with E-state index in [9.17, 15) is 4.79 Å². The van der Waals surface area contributed by atoms with Gasteiger partial charge in [0.1, 0.15) is 11.8 Å². The second-order valence-corrected chi connectivity index (χ2v) is 4.63. The van der Waals surface area contributed by atoms with E-state index in [0.717, 1.165) is 0 Å². The van der Waals surface area contributed by atoms with Gasteiger partial charge in [0.05, 0.1) is 5.56 Å². The van der Waals surface area contributed by atoms with Crippen LogP contribution >= 0.6 is 0 Å². The van der Waals surface area contributed by atoms with Gasteiger partial charge in [-0.25, -0.2) is 0 Å². The first kappa shape index (κ1) is 14.1. The van der Waals surface area contributed by atoms with Crippen LogP contribution in [0.1, 0.15) is 12.0 Å². The molecule has 104 valence electrons. The number of rotatable bonds is 5. The molecule has 5 nitrogen and oxygen atoms in total. The van der Waals surface area contributed by atoms with Crippen LogP contribution in [0.2, 0.25) is 0 Å². The highest BCUT2D eigenvalue weighted by Crippen LogP contribution is 2.18. The Morgan fingerprint density at radius 2 is 2.25 bits per heavy atom. The second kappa shape index (κ2) is 6.73. The van der Waals surface area contributed by atoms with Gasteiger partial charge < -0.3 is 15.2 Å². The van der Waals surface area contributed by atoms with Crippen molar-refractivity contribution in [3.8, 4) is 11.8 Å². The molecule has 0 fully saturated rings. The molecule has 0 saturated heterocycles. The number of aliphatic hydroxyl groups excluding tert-OH is 1. The van der Waals surface area contributed by atoms with E-state index in [1.165, 1.54) is 0 Å². The van der Waals surface area contributed by atoms with Crippen molar-refractivity contribution in [1.29, 1.82) is 5.26 Å². The number of hydrogen-bond donors (Lipinski definition) is 2. The van der Waals surface area contributed by atoms with E-state index in [0.29, 0.717) is 17.7 Å². The number of carbonyl (C=O) groups is 1. The van der Waals surface area contributed by atoms with Gasteiger partial charge in [-0.05, 0) is 18.6 Å². The molecule has 0 saturated carbocycles. The van der Waals surface area contributed by atoms with Crippen LogP contribution in [0.5, 0.6) is 5.75 Å². The normalized spacial score (nSPS) is 20.4. The van der Waals surface area contributed by atoms with Gasteiger partial charge in [-0.3, -0.25) is 4.79 Å². The Bertz CT molecular complexity index is 548. The highest BCUT2D eigenvalue weighted by molar-refractivity contribution is 5.78. The van der Waals surface area contributed by atoms with Crippen LogP contribution in [0.3, 0.4) is 0 Å². The largest absolute Gasteiger partial charge is 0.482 e. The predicted octanol–water partition coefficient (Wildman–Crippen LogP) is 0.990. The van der Waals surface area contributed by atoms with Gasteiger partial charge >= 0.3 is 0 Å². The van der Waals surface area contributed by atoms with E-state index in [2.05, 4.69) is 5.32 Å². The van der Waals surface area contributed by atoms with Crippen molar-refractivity contribution < 1.29 is 14.6 Å². The molecule has 1 aromatic carbocycles. The van der Waals surface area contributed by atoms with Gasteiger partial charge in [-0.1, -0.05) is 24.3 Å². The Labute approximate surface area is 117 Å². The molecule has 0 aliphatic heterocycles. The quantitative estimate of drug-likeness (QED) is 0.783. The summed E-state index contributed by atoms with van der Waals surface area (Å²) in [5.74, 6) is 0.270. The van der Waals surface area contributed by atoms with E-state index in [-0.39, 0.29) is 31.1 Å². The first-order valence-electron chi connectivity index (χ1n) is 6.43. The molecule has 0 aromatic heterocycles. The third-order valence-electron chi connectivity index (χ3n) is 3.12. The lowest BCUT2D eigenvalue weighted by Crippen LogP contribution is -2.36. The average molecular weight is 272 g/mol. The van der Waals surface area contributed by atoms with E-state index >= 15 is 0 Å². The lowest BCUT2D eigenvalue weighted by atomic mass is 10.1. The summed E-state index contributed by atoms with van der Waals surface area (Å²) in [6.07, 6.45) is 4.48. The number of amides is 1. The minimum Gasteiger partial charge on any atom is -0.482 e. The van der Waals surface area contributed by atoms with Gasteiger partial charge in [-0.2, -0.15) is 5.26 Å². The van der Waals surface area contributed by atoms with E-state index in [1.807, 2.05) is 18.2 Å². The van der Waals surface area contributed by atoms with Gasteiger partial charge in [-0.15, -0.1) is 0 Å². The Morgan fingerprint density at radius 3 is 2.95 bits per heavy atom. The highest BCUT2D eigenvalue weighted by atomic mass is 16.5. The molecule has 5 heteroatoms. The van der Waals surface area contributed by atoms with Crippen molar-refractivity contribution in [2.45, 2.75) is 12.5 Å². The van der Waals surface area contributed by atoms with E-state index in [4.69, 9.17) is 15.1 Å². The fourth-order valence-corrected chi connectivity index (χ4v) is 2.09. The van der Waals surface area contributed by atoms with Gasteiger partial charge in [0.25, 0.3) is 5.91 Å². The molecule has 1 aliphatic carbocycles. The number of nitrogens with one attached hydrogen (secondary N) is 1. The number of ether oxygens (including phenoxy) is 1. The van der Waals surface area contributed by atoms with Crippen LogP contribution < -0.4 is 10.1 Å². The van der Waals surface area contributed by atoms with Crippen LogP contribution in [0.25, 0.3) is 0 Å². The minimum atomic E-state index is -0.244. The molecule has 0 bridgehead atoms. The molecule has 2 rings (SSSR count). The molecule has 1 aromatic rings. The summed E-state index contributed by atoms with van der Waals surface area (Å²) in [6.45, 7) is -0.0399. The molecule has 0 unspecified atom stereocenters. The Morgan fingerprint density at radius 1 is 1.45 bits per heavy atom. The van der Waals surface area contributed by atoms with Crippen LogP contribution in [-0.2, 0) is 4.79 Å². The Kier molecular flexibility index (Phi) is 4.75. The topological polar surface area (TPSA) is 82.3 Å². The van der Waals surface area contributed by atoms with E-state index in [1.54, 1.807) is 24.3 Å². The zero-order valence-electron chi connectivity index (χ0n) is 11.0. The smallest absolute Gasteiger partial charge is 0.258 e. The standard InChI is InChI=1S/C15H16N2O3/c16-8-12-3-1-2-4-14(12)20-10-15(19)17-13-6-5-11(7-13)9-18/h1-6,11,13,18H,7,9-10H2,(H,17,19)/t11-,13+/m0/s1. The van der Waals surface area contributed by atoms with Crippen LogP contribution in [0.4, 0.5) is 0 Å². The van der Waals surface area contributed by atoms with Gasteiger partial charge in [0, 0.05) is 18.6 Å². The molecule has 20 heavy (non-hydrogen) atoms. The highest BCUT2D eigenvalue weighted by Gasteiger charge is 2.19. The average Bonchev–Trinajstić information content (AvgIpc) is 2.93. The Balaban J connectivity index is 1.81. The number of para-hydroxylation sites is 1. The number of benzene rings is 1. The lowest BCUT2D eigenvalue weighted by Gasteiger charge is -2.13. The summed E-state index contributed by atoms with van der Waals surface area (Å²) < 4.78 is 5.35. The second-order valence-electron chi connectivity index (χ2n) is 4.63. The maximum absolute atomic E-state index is 11.8. The first-order valence-corrected chi connectivity index (χ1v) is 6.43. The number of nitriles is 1. The molecular weight excluding hydrogens is 256 g/mol. The molecule has 0 spiro atoms. The van der Waals surface area contributed by atoms with E-state index < -0.39 is 0 Å². The maximum Gasteiger partial charge on any atom is 0.258 e. The number of aliphatic hydroxyl groups is 1. The maximum atomic E-state index is 11.8. The summed E-state index contributed by atoms with van der Waals surface area (Å²) in [5, 5.41) is 20.7. The molecule has 0 radical (unpaired) electrons. The number of hydrogen-bond acceptors (Lipinski definition) is 4. The fourth-order valence-electron chi connectivity index (χ4n) is 2.09. The molecule has 2 N–H and O–H groups in total. The monoisotopic (exact) mass is 272 g/mol. The zero-order chi connectivity index (χ0) is 14.4.